The lowest BCUT2D eigenvalue weighted by Crippen LogP contribution is -2.40. The fourth-order valence-electron chi connectivity index (χ4n) is 3.80. The number of imidazole rings is 1. The van der Waals surface area contributed by atoms with Crippen LogP contribution in [0.2, 0.25) is 0 Å². The second kappa shape index (κ2) is 11.3. The van der Waals surface area contributed by atoms with Gasteiger partial charge in [0, 0.05) is 32.0 Å². The highest BCUT2D eigenvalue weighted by atomic mass is 35.7. The molecule has 1 N–H and O–H groups in total. The van der Waals surface area contributed by atoms with Gasteiger partial charge in [0.15, 0.2) is 35.4 Å². The predicted octanol–water partition coefficient (Wildman–Crippen LogP) is 2.99. The van der Waals surface area contributed by atoms with Crippen molar-refractivity contribution in [2.45, 2.75) is 45.3 Å². The summed E-state index contributed by atoms with van der Waals surface area (Å²) in [4.78, 5) is 47.7. The van der Waals surface area contributed by atoms with E-state index in [4.69, 9.17) is 34.7 Å². The molecule has 1 aliphatic rings. The normalized spacial score (nSPS) is 22.3. The monoisotopic (exact) mass is 567 g/mol. The molecule has 4 rings (SSSR count). The molecule has 0 aliphatic carbocycles. The van der Waals surface area contributed by atoms with Crippen LogP contribution in [0.4, 0.5) is 5.82 Å². The smallest absolute Gasteiger partial charge is 0.436 e. The number of ether oxygens (including phenoxy) is 4. The molecule has 0 spiro atoms. The number of carbonyl (C=O) groups excluding carboxylic acids is 3. The highest BCUT2D eigenvalue weighted by Gasteiger charge is 2.51. The van der Waals surface area contributed by atoms with Crippen molar-refractivity contribution in [1.82, 2.24) is 19.5 Å². The Labute approximate surface area is 220 Å². The molecule has 3 aromatic rings. The molecule has 2 aromatic heterocycles. The van der Waals surface area contributed by atoms with Crippen molar-refractivity contribution in [2.75, 3.05) is 11.7 Å². The van der Waals surface area contributed by atoms with Crippen LogP contribution in [-0.2, 0) is 37.9 Å². The molecule has 1 unspecified atom stereocenters. The number of esters is 3. The van der Waals surface area contributed by atoms with Crippen LogP contribution in [0.5, 0.6) is 5.75 Å². The standard InChI is InChI=1S/C22H23ClN5O9P/c1-12(29)33-9-16-18(34-13(2)30)19(35-14(3)31)22(36-16)28-11-26-17-20(24-10-25-21(17)28)27-38(23,32)37-15-7-5-4-6-8-15/h4-8,10-11,16,18-19,22H,9H2,1-3H3,(H,24,25,27,32)/t16-,18-,19-,22-,38?/m1/s1. The molecule has 5 atom stereocenters. The number of nitrogens with one attached hydrogen (secondary N) is 1. The van der Waals surface area contributed by atoms with Gasteiger partial charge < -0.3 is 23.5 Å². The minimum atomic E-state index is -3.97. The lowest BCUT2D eigenvalue weighted by Gasteiger charge is -2.23. The Hall–Kier alpha value is -3.74. The third kappa shape index (κ3) is 6.39. The Morgan fingerprint density at radius 3 is 2.37 bits per heavy atom. The number of carbonyl (C=O) groups is 3. The molecule has 202 valence electrons. The summed E-state index contributed by atoms with van der Waals surface area (Å²) < 4.78 is 41.6. The Morgan fingerprint density at radius 1 is 1.03 bits per heavy atom. The Morgan fingerprint density at radius 2 is 1.71 bits per heavy atom. The van der Waals surface area contributed by atoms with Gasteiger partial charge in [0.25, 0.3) is 0 Å². The highest BCUT2D eigenvalue weighted by molar-refractivity contribution is 7.86. The van der Waals surface area contributed by atoms with Gasteiger partial charge in [0.2, 0.25) is 0 Å². The molecular weight excluding hydrogens is 545 g/mol. The van der Waals surface area contributed by atoms with E-state index in [1.165, 1.54) is 31.7 Å². The Balaban J connectivity index is 1.67. The van der Waals surface area contributed by atoms with Gasteiger partial charge in [-0.05, 0) is 12.1 Å². The topological polar surface area (TPSA) is 170 Å². The van der Waals surface area contributed by atoms with Crippen LogP contribution in [0.25, 0.3) is 11.2 Å². The van der Waals surface area contributed by atoms with E-state index in [-0.39, 0.29) is 29.3 Å². The Kier molecular flexibility index (Phi) is 8.14. The first-order valence-corrected chi connectivity index (χ1v) is 13.7. The summed E-state index contributed by atoms with van der Waals surface area (Å²) >= 11 is 6.12. The predicted molar refractivity (Wildman–Crippen MR) is 131 cm³/mol. The van der Waals surface area contributed by atoms with Crippen molar-refractivity contribution in [1.29, 1.82) is 0 Å². The Bertz CT molecular complexity index is 1390. The summed E-state index contributed by atoms with van der Waals surface area (Å²) in [5.74, 6) is -1.64. The molecule has 0 bridgehead atoms. The van der Waals surface area contributed by atoms with Crippen molar-refractivity contribution in [3.63, 3.8) is 0 Å². The number of fused-ring (bicyclic) bond motifs is 1. The van der Waals surface area contributed by atoms with Gasteiger partial charge >= 0.3 is 24.8 Å². The number of anilines is 1. The zero-order valence-electron chi connectivity index (χ0n) is 20.3. The molecular formula is C22H23ClN5O9P. The molecule has 1 aromatic carbocycles. The number of para-hydroxylation sites is 1. The van der Waals surface area contributed by atoms with Gasteiger partial charge in [-0.2, -0.15) is 0 Å². The maximum Gasteiger partial charge on any atom is 0.436 e. The van der Waals surface area contributed by atoms with Crippen molar-refractivity contribution in [3.8, 4) is 5.75 Å². The molecule has 16 heteroatoms. The van der Waals surface area contributed by atoms with Gasteiger partial charge in [0.1, 0.15) is 24.8 Å². The second-order valence-corrected chi connectivity index (χ2v) is 10.8. The van der Waals surface area contributed by atoms with E-state index in [0.29, 0.717) is 0 Å². The van der Waals surface area contributed by atoms with E-state index in [9.17, 15) is 18.9 Å². The first-order chi connectivity index (χ1) is 18.0. The summed E-state index contributed by atoms with van der Waals surface area (Å²) in [5.41, 5.74) is 0.318. The number of benzene rings is 1. The van der Waals surface area contributed by atoms with Crippen LogP contribution in [0.3, 0.4) is 0 Å². The van der Waals surface area contributed by atoms with Crippen LogP contribution >= 0.6 is 18.1 Å². The van der Waals surface area contributed by atoms with E-state index in [0.717, 1.165) is 6.33 Å². The van der Waals surface area contributed by atoms with E-state index in [1.54, 1.807) is 30.3 Å². The van der Waals surface area contributed by atoms with Crippen molar-refractivity contribution in [3.05, 3.63) is 43.0 Å². The minimum absolute atomic E-state index is 0.00181. The van der Waals surface area contributed by atoms with Crippen molar-refractivity contribution in [2.24, 2.45) is 0 Å². The van der Waals surface area contributed by atoms with E-state index >= 15 is 0 Å². The lowest BCUT2D eigenvalue weighted by molar-refractivity contribution is -0.166. The lowest BCUT2D eigenvalue weighted by atomic mass is 10.1. The van der Waals surface area contributed by atoms with Crippen LogP contribution in [0.1, 0.15) is 27.0 Å². The molecule has 3 heterocycles. The summed E-state index contributed by atoms with van der Waals surface area (Å²) in [7, 11) is 0. The molecule has 0 radical (unpaired) electrons. The molecule has 0 amide bonds. The quantitative estimate of drug-likeness (QED) is 0.227. The third-order valence-corrected chi connectivity index (χ3v) is 6.56. The maximum atomic E-state index is 12.9. The average molecular weight is 568 g/mol. The number of hydrogen-bond acceptors (Lipinski definition) is 12. The highest BCUT2D eigenvalue weighted by Crippen LogP contribution is 2.52. The first-order valence-electron chi connectivity index (χ1n) is 11.2. The average Bonchev–Trinajstić information content (AvgIpc) is 3.39. The van der Waals surface area contributed by atoms with Crippen LogP contribution in [0, 0.1) is 0 Å². The van der Waals surface area contributed by atoms with Crippen molar-refractivity contribution < 1.29 is 42.4 Å². The number of nitrogens with zero attached hydrogens (tertiary/aromatic N) is 4. The van der Waals surface area contributed by atoms with E-state index in [2.05, 4.69) is 20.0 Å². The third-order valence-electron chi connectivity index (χ3n) is 5.18. The maximum absolute atomic E-state index is 12.9. The molecule has 1 fully saturated rings. The van der Waals surface area contributed by atoms with Crippen LogP contribution in [0.15, 0.2) is 43.0 Å². The molecule has 38 heavy (non-hydrogen) atoms. The fraction of sp³-hybridized carbons (Fsp3) is 0.364. The van der Waals surface area contributed by atoms with Gasteiger partial charge in [-0.1, -0.05) is 18.2 Å². The minimum Gasteiger partial charge on any atom is -0.463 e. The molecule has 1 saturated heterocycles. The van der Waals surface area contributed by atoms with Gasteiger partial charge in [-0.15, -0.1) is 0 Å². The van der Waals surface area contributed by atoms with Crippen LogP contribution in [-0.4, -0.2) is 62.3 Å². The van der Waals surface area contributed by atoms with Gasteiger partial charge in [0.05, 0.1) is 6.33 Å². The zero-order valence-corrected chi connectivity index (χ0v) is 22.0. The molecule has 0 saturated carbocycles. The summed E-state index contributed by atoms with van der Waals surface area (Å²) in [6.07, 6.45) is -1.85. The van der Waals surface area contributed by atoms with E-state index < -0.39 is 49.3 Å². The number of rotatable bonds is 9. The molecule has 14 nitrogen and oxygen atoms in total. The second-order valence-electron chi connectivity index (χ2n) is 8.06. The van der Waals surface area contributed by atoms with Gasteiger partial charge in [-0.3, -0.25) is 24.0 Å². The van der Waals surface area contributed by atoms with Crippen molar-refractivity contribution >= 4 is 53.0 Å². The van der Waals surface area contributed by atoms with Gasteiger partial charge in [-0.25, -0.2) is 19.5 Å². The number of aromatic nitrogens is 4. The van der Waals surface area contributed by atoms with Crippen LogP contribution < -0.4 is 9.61 Å². The number of hydrogen-bond donors (Lipinski definition) is 1. The summed E-state index contributed by atoms with van der Waals surface area (Å²) in [6.45, 7) is -0.666. The van der Waals surface area contributed by atoms with E-state index in [1.807, 2.05) is 0 Å². The SMILES string of the molecule is CC(=O)OC[C@H]1O[C@@H](n2cnc3c(NP(=O)(Cl)Oc4ccccc4)ncnc32)[C@H](OC(C)=O)[C@@H]1OC(C)=O. The number of halogens is 1. The summed E-state index contributed by atoms with van der Waals surface area (Å²) in [5, 5.41) is 2.55. The molecule has 1 aliphatic heterocycles. The largest absolute Gasteiger partial charge is 0.463 e. The summed E-state index contributed by atoms with van der Waals surface area (Å²) in [6, 6.07) is 8.31. The fourth-order valence-corrected chi connectivity index (χ4v) is 5.14. The zero-order chi connectivity index (χ0) is 27.4. The first kappa shape index (κ1) is 27.3.